The number of aromatic nitrogens is 3. The lowest BCUT2D eigenvalue weighted by atomic mass is 9.98. The maximum Gasteiger partial charge on any atom is 0.254 e. The van der Waals surface area contributed by atoms with Crippen LogP contribution in [0.1, 0.15) is 35.2 Å². The van der Waals surface area contributed by atoms with Crippen LogP contribution in [0, 0.1) is 5.82 Å². The minimum Gasteiger partial charge on any atom is -0.366 e. The predicted octanol–water partition coefficient (Wildman–Crippen LogP) is 4.04. The Bertz CT molecular complexity index is 1190. The second-order valence-electron chi connectivity index (χ2n) is 7.21. The van der Waals surface area contributed by atoms with Gasteiger partial charge in [-0.05, 0) is 41.7 Å². The zero-order valence-corrected chi connectivity index (χ0v) is 16.5. The van der Waals surface area contributed by atoms with Crippen LogP contribution in [-0.2, 0) is 0 Å². The zero-order valence-electron chi connectivity index (χ0n) is 16.5. The van der Waals surface area contributed by atoms with Crippen molar-refractivity contribution >= 4 is 17.5 Å². The Hall–Kier alpha value is -3.74. The number of benzene rings is 2. The van der Waals surface area contributed by atoms with E-state index in [2.05, 4.69) is 34.5 Å². The number of amides is 1. The molecule has 0 bridgehead atoms. The highest BCUT2D eigenvalue weighted by Crippen LogP contribution is 2.26. The van der Waals surface area contributed by atoms with Crippen molar-refractivity contribution < 1.29 is 9.18 Å². The number of carbonyl (C=O) groups is 1. The Balaban J connectivity index is 1.48. The van der Waals surface area contributed by atoms with Gasteiger partial charge in [-0.2, -0.15) is 4.98 Å². The molecule has 2 heterocycles. The fraction of sp³-hybridized carbons (Fsp3) is 0.174. The molecule has 0 spiro atoms. The molecule has 0 fully saturated rings. The molecule has 1 unspecified atom stereocenters. The number of carbonyl (C=O) groups excluding carboxylic acids is 1. The van der Waals surface area contributed by atoms with Crippen molar-refractivity contribution in [1.29, 1.82) is 0 Å². The van der Waals surface area contributed by atoms with Gasteiger partial charge in [0.1, 0.15) is 5.82 Å². The van der Waals surface area contributed by atoms with E-state index in [1.807, 2.05) is 18.2 Å². The van der Waals surface area contributed by atoms with E-state index >= 15 is 4.39 Å². The fourth-order valence-corrected chi connectivity index (χ4v) is 3.44. The van der Waals surface area contributed by atoms with Crippen LogP contribution in [0.2, 0.25) is 0 Å². The van der Waals surface area contributed by atoms with Gasteiger partial charge in [-0.15, -0.1) is 5.10 Å². The third-order valence-electron chi connectivity index (χ3n) is 5.14. The molecule has 4 rings (SSSR count). The summed E-state index contributed by atoms with van der Waals surface area (Å²) in [6.07, 6.45) is 2.42. The van der Waals surface area contributed by atoms with Crippen molar-refractivity contribution in [3.63, 3.8) is 0 Å². The van der Waals surface area contributed by atoms with Gasteiger partial charge in [0, 0.05) is 18.3 Å². The highest BCUT2D eigenvalue weighted by molar-refractivity contribution is 5.96. The van der Waals surface area contributed by atoms with Crippen LogP contribution in [0.25, 0.3) is 16.8 Å². The van der Waals surface area contributed by atoms with Gasteiger partial charge in [-0.3, -0.25) is 4.79 Å². The standard InChI is InChI=1S/C23H22FN5O/c1-15(16-6-3-2-4-7-16)10-12-26-22(30)19-9-5-8-18(21(19)24)17-11-13-29-20(14-17)27-23(25)28-29/h2-9,11,13-15H,10,12H2,1H3,(H2,25,28)(H,26,30). The summed E-state index contributed by atoms with van der Waals surface area (Å²) in [6, 6.07) is 18.3. The SMILES string of the molecule is CC(CCNC(=O)c1cccc(-c2ccn3nc(N)nc3c2)c1F)c1ccccc1. The molecule has 0 saturated carbocycles. The lowest BCUT2D eigenvalue weighted by Crippen LogP contribution is -2.26. The molecule has 7 heteroatoms. The second-order valence-corrected chi connectivity index (χ2v) is 7.21. The quantitative estimate of drug-likeness (QED) is 0.509. The summed E-state index contributed by atoms with van der Waals surface area (Å²) < 4.78 is 16.7. The highest BCUT2D eigenvalue weighted by atomic mass is 19.1. The first-order chi connectivity index (χ1) is 14.5. The molecular formula is C23H22FN5O. The van der Waals surface area contributed by atoms with E-state index in [-0.39, 0.29) is 11.5 Å². The predicted molar refractivity (Wildman–Crippen MR) is 115 cm³/mol. The topological polar surface area (TPSA) is 85.3 Å². The first-order valence-electron chi connectivity index (χ1n) is 9.77. The Morgan fingerprint density at radius 2 is 1.97 bits per heavy atom. The molecule has 1 atom stereocenters. The van der Waals surface area contributed by atoms with E-state index in [9.17, 15) is 4.79 Å². The largest absolute Gasteiger partial charge is 0.366 e. The van der Waals surface area contributed by atoms with Gasteiger partial charge in [-0.25, -0.2) is 8.91 Å². The van der Waals surface area contributed by atoms with E-state index in [0.717, 1.165) is 6.42 Å². The van der Waals surface area contributed by atoms with Gasteiger partial charge in [0.25, 0.3) is 5.91 Å². The number of hydrogen-bond acceptors (Lipinski definition) is 4. The zero-order chi connectivity index (χ0) is 21.1. The number of nitrogens with two attached hydrogens (primary N) is 1. The van der Waals surface area contributed by atoms with E-state index in [1.54, 1.807) is 30.5 Å². The summed E-state index contributed by atoms with van der Waals surface area (Å²) in [6.45, 7) is 2.57. The Morgan fingerprint density at radius 3 is 2.77 bits per heavy atom. The molecule has 2 aromatic carbocycles. The van der Waals surface area contributed by atoms with E-state index < -0.39 is 11.7 Å². The van der Waals surface area contributed by atoms with Crippen LogP contribution in [-0.4, -0.2) is 27.0 Å². The molecular weight excluding hydrogens is 381 g/mol. The van der Waals surface area contributed by atoms with Crippen molar-refractivity contribution in [2.24, 2.45) is 0 Å². The van der Waals surface area contributed by atoms with Crippen molar-refractivity contribution in [2.75, 3.05) is 12.3 Å². The molecule has 0 aliphatic carbocycles. The molecule has 0 aliphatic rings. The molecule has 30 heavy (non-hydrogen) atoms. The van der Waals surface area contributed by atoms with Crippen LogP contribution in [0.15, 0.2) is 66.9 Å². The van der Waals surface area contributed by atoms with Crippen molar-refractivity contribution in [1.82, 2.24) is 19.9 Å². The van der Waals surface area contributed by atoms with Crippen LogP contribution >= 0.6 is 0 Å². The van der Waals surface area contributed by atoms with Gasteiger partial charge < -0.3 is 11.1 Å². The number of fused-ring (bicyclic) bond motifs is 1. The summed E-state index contributed by atoms with van der Waals surface area (Å²) in [7, 11) is 0. The number of nitrogens with zero attached hydrogens (tertiary/aromatic N) is 3. The smallest absolute Gasteiger partial charge is 0.254 e. The number of halogens is 1. The normalized spacial score (nSPS) is 12.1. The maximum absolute atomic E-state index is 15.1. The summed E-state index contributed by atoms with van der Waals surface area (Å²) in [5.41, 5.74) is 8.26. The summed E-state index contributed by atoms with van der Waals surface area (Å²) in [5.74, 6) is -0.555. The molecule has 1 amide bonds. The Morgan fingerprint density at radius 1 is 1.17 bits per heavy atom. The maximum atomic E-state index is 15.1. The Kier molecular flexibility index (Phi) is 5.43. The lowest BCUT2D eigenvalue weighted by molar-refractivity contribution is 0.0948. The second kappa shape index (κ2) is 8.32. The summed E-state index contributed by atoms with van der Waals surface area (Å²) in [5, 5.41) is 6.84. The van der Waals surface area contributed by atoms with Gasteiger partial charge in [0.2, 0.25) is 5.95 Å². The first kappa shape index (κ1) is 19.6. The molecule has 3 N–H and O–H groups in total. The fourth-order valence-electron chi connectivity index (χ4n) is 3.44. The third-order valence-corrected chi connectivity index (χ3v) is 5.14. The van der Waals surface area contributed by atoms with Crippen LogP contribution in [0.4, 0.5) is 10.3 Å². The highest BCUT2D eigenvalue weighted by Gasteiger charge is 2.17. The van der Waals surface area contributed by atoms with Crippen LogP contribution < -0.4 is 11.1 Å². The minimum absolute atomic E-state index is 0.0146. The average molecular weight is 403 g/mol. The van der Waals surface area contributed by atoms with Gasteiger partial charge in [0.05, 0.1) is 5.56 Å². The minimum atomic E-state index is -0.567. The number of nitrogen functional groups attached to an aromatic ring is 1. The molecule has 4 aromatic rings. The van der Waals surface area contributed by atoms with Crippen molar-refractivity contribution in [3.8, 4) is 11.1 Å². The summed E-state index contributed by atoms with van der Waals surface area (Å²) in [4.78, 5) is 16.7. The molecule has 6 nitrogen and oxygen atoms in total. The van der Waals surface area contributed by atoms with Crippen LogP contribution in [0.3, 0.4) is 0 Å². The number of pyridine rings is 1. The summed E-state index contributed by atoms with van der Waals surface area (Å²) >= 11 is 0. The first-order valence-corrected chi connectivity index (χ1v) is 9.77. The number of rotatable bonds is 6. The Labute approximate surface area is 173 Å². The van der Waals surface area contributed by atoms with Crippen molar-refractivity contribution in [2.45, 2.75) is 19.3 Å². The van der Waals surface area contributed by atoms with Crippen molar-refractivity contribution in [3.05, 3.63) is 83.8 Å². The average Bonchev–Trinajstić information content (AvgIpc) is 3.13. The number of anilines is 1. The molecule has 0 saturated heterocycles. The third kappa shape index (κ3) is 4.00. The number of hydrogen-bond donors (Lipinski definition) is 2. The molecule has 0 radical (unpaired) electrons. The van der Waals surface area contributed by atoms with Crippen LogP contribution in [0.5, 0.6) is 0 Å². The van der Waals surface area contributed by atoms with E-state index in [4.69, 9.17) is 5.73 Å². The molecule has 152 valence electrons. The van der Waals surface area contributed by atoms with Gasteiger partial charge in [-0.1, -0.05) is 49.4 Å². The lowest BCUT2D eigenvalue weighted by Gasteiger charge is -2.13. The van der Waals surface area contributed by atoms with Gasteiger partial charge in [0.15, 0.2) is 5.65 Å². The monoisotopic (exact) mass is 403 g/mol. The molecule has 0 aliphatic heterocycles. The van der Waals surface area contributed by atoms with E-state index in [0.29, 0.717) is 29.2 Å². The molecule has 2 aromatic heterocycles. The van der Waals surface area contributed by atoms with Gasteiger partial charge >= 0.3 is 0 Å². The number of nitrogens with one attached hydrogen (secondary N) is 1. The van der Waals surface area contributed by atoms with E-state index in [1.165, 1.54) is 16.1 Å².